The SMILES string of the molecule is CC(C)(C)OC(=O)N[C@H](CN)C1CCCCC1. The molecule has 1 rings (SSSR count). The lowest BCUT2D eigenvalue weighted by Gasteiger charge is -2.31. The van der Waals surface area contributed by atoms with Gasteiger partial charge in [0.25, 0.3) is 0 Å². The quantitative estimate of drug-likeness (QED) is 0.799. The number of rotatable bonds is 3. The molecule has 0 aliphatic heterocycles. The van der Waals surface area contributed by atoms with Crippen molar-refractivity contribution in [1.82, 2.24) is 5.32 Å². The molecule has 1 saturated carbocycles. The molecule has 1 aliphatic carbocycles. The van der Waals surface area contributed by atoms with Crippen LogP contribution in [-0.2, 0) is 4.74 Å². The van der Waals surface area contributed by atoms with E-state index in [-0.39, 0.29) is 12.1 Å². The first kappa shape index (κ1) is 14.3. The molecule has 4 nitrogen and oxygen atoms in total. The van der Waals surface area contributed by atoms with Crippen LogP contribution < -0.4 is 11.1 Å². The monoisotopic (exact) mass is 242 g/mol. The van der Waals surface area contributed by atoms with Gasteiger partial charge in [0.15, 0.2) is 0 Å². The molecule has 0 heterocycles. The van der Waals surface area contributed by atoms with Gasteiger partial charge >= 0.3 is 6.09 Å². The Kier molecular flexibility index (Phi) is 5.25. The summed E-state index contributed by atoms with van der Waals surface area (Å²) in [6.07, 6.45) is 5.78. The minimum Gasteiger partial charge on any atom is -0.444 e. The lowest BCUT2D eigenvalue weighted by Crippen LogP contribution is -2.47. The molecule has 100 valence electrons. The number of carbonyl (C=O) groups is 1. The summed E-state index contributed by atoms with van der Waals surface area (Å²) >= 11 is 0. The molecule has 0 aromatic carbocycles. The molecule has 1 aliphatic rings. The van der Waals surface area contributed by atoms with Gasteiger partial charge in [0.1, 0.15) is 5.60 Å². The zero-order chi connectivity index (χ0) is 12.9. The Morgan fingerprint density at radius 3 is 2.41 bits per heavy atom. The average Bonchev–Trinajstić information content (AvgIpc) is 2.24. The van der Waals surface area contributed by atoms with Gasteiger partial charge in [0.05, 0.1) is 0 Å². The molecule has 0 aromatic heterocycles. The second kappa shape index (κ2) is 6.24. The Morgan fingerprint density at radius 2 is 1.94 bits per heavy atom. The van der Waals surface area contributed by atoms with Crippen molar-refractivity contribution in [1.29, 1.82) is 0 Å². The fourth-order valence-corrected chi connectivity index (χ4v) is 2.36. The van der Waals surface area contributed by atoms with Crippen LogP contribution in [0.25, 0.3) is 0 Å². The number of ether oxygens (including phenoxy) is 1. The molecule has 17 heavy (non-hydrogen) atoms. The lowest BCUT2D eigenvalue weighted by molar-refractivity contribution is 0.0480. The van der Waals surface area contributed by atoms with Crippen molar-refractivity contribution in [3.63, 3.8) is 0 Å². The van der Waals surface area contributed by atoms with Crippen molar-refractivity contribution in [3.8, 4) is 0 Å². The van der Waals surface area contributed by atoms with Crippen LogP contribution in [0.15, 0.2) is 0 Å². The van der Waals surface area contributed by atoms with E-state index in [1.807, 2.05) is 20.8 Å². The third-order valence-corrected chi connectivity index (χ3v) is 3.17. The van der Waals surface area contributed by atoms with Crippen LogP contribution in [0.5, 0.6) is 0 Å². The van der Waals surface area contributed by atoms with Gasteiger partial charge in [-0.25, -0.2) is 4.79 Å². The molecular weight excluding hydrogens is 216 g/mol. The fourth-order valence-electron chi connectivity index (χ4n) is 2.36. The van der Waals surface area contributed by atoms with Gasteiger partial charge in [-0.15, -0.1) is 0 Å². The average molecular weight is 242 g/mol. The standard InChI is InChI=1S/C13H26N2O2/c1-13(2,3)17-12(16)15-11(9-14)10-7-5-4-6-8-10/h10-11H,4-9,14H2,1-3H3,(H,15,16)/t11-/m1/s1. The number of amides is 1. The van der Waals surface area contributed by atoms with Crippen molar-refractivity contribution in [2.24, 2.45) is 11.7 Å². The number of nitrogens with one attached hydrogen (secondary N) is 1. The maximum absolute atomic E-state index is 11.7. The summed E-state index contributed by atoms with van der Waals surface area (Å²) in [7, 11) is 0. The number of carbonyl (C=O) groups excluding carboxylic acids is 1. The minimum absolute atomic E-state index is 0.0603. The predicted molar refractivity (Wildman–Crippen MR) is 68.8 cm³/mol. The number of hydrogen-bond donors (Lipinski definition) is 2. The smallest absolute Gasteiger partial charge is 0.407 e. The summed E-state index contributed by atoms with van der Waals surface area (Å²) in [4.78, 5) is 11.7. The van der Waals surface area contributed by atoms with Crippen molar-refractivity contribution in [2.75, 3.05) is 6.54 Å². The van der Waals surface area contributed by atoms with Gasteiger partial charge < -0.3 is 15.8 Å². The molecule has 3 N–H and O–H groups in total. The highest BCUT2D eigenvalue weighted by molar-refractivity contribution is 5.68. The molecule has 4 heteroatoms. The van der Waals surface area contributed by atoms with Crippen molar-refractivity contribution < 1.29 is 9.53 Å². The van der Waals surface area contributed by atoms with Crippen molar-refractivity contribution in [3.05, 3.63) is 0 Å². The van der Waals surface area contributed by atoms with E-state index in [1.54, 1.807) is 0 Å². The minimum atomic E-state index is -0.449. The highest BCUT2D eigenvalue weighted by Crippen LogP contribution is 2.26. The number of hydrogen-bond acceptors (Lipinski definition) is 3. The second-order valence-corrected chi connectivity index (χ2v) is 5.89. The highest BCUT2D eigenvalue weighted by Gasteiger charge is 2.26. The summed E-state index contributed by atoms with van der Waals surface area (Å²) in [5, 5.41) is 2.91. The zero-order valence-corrected chi connectivity index (χ0v) is 11.3. The van der Waals surface area contributed by atoms with Crippen LogP contribution in [0, 0.1) is 5.92 Å². The summed E-state index contributed by atoms with van der Waals surface area (Å²) in [6, 6.07) is 0.0603. The van der Waals surface area contributed by atoms with Gasteiger partial charge in [-0.3, -0.25) is 0 Å². The summed E-state index contributed by atoms with van der Waals surface area (Å²) in [6.45, 7) is 6.09. The van der Waals surface area contributed by atoms with E-state index < -0.39 is 5.60 Å². The van der Waals surface area contributed by atoms with Crippen LogP contribution >= 0.6 is 0 Å². The van der Waals surface area contributed by atoms with E-state index in [0.29, 0.717) is 12.5 Å². The van der Waals surface area contributed by atoms with E-state index in [0.717, 1.165) is 12.8 Å². The zero-order valence-electron chi connectivity index (χ0n) is 11.3. The molecule has 0 saturated heterocycles. The van der Waals surface area contributed by atoms with Crippen molar-refractivity contribution >= 4 is 6.09 Å². The van der Waals surface area contributed by atoms with Crippen LogP contribution in [0.3, 0.4) is 0 Å². The van der Waals surface area contributed by atoms with E-state index in [1.165, 1.54) is 19.3 Å². The Balaban J connectivity index is 2.42. The summed E-state index contributed by atoms with van der Waals surface area (Å²) in [5.41, 5.74) is 5.30. The normalized spacial score (nSPS) is 19.8. The molecule has 0 radical (unpaired) electrons. The Morgan fingerprint density at radius 1 is 1.35 bits per heavy atom. The molecule has 0 unspecified atom stereocenters. The Hall–Kier alpha value is -0.770. The molecule has 0 aromatic rings. The van der Waals surface area contributed by atoms with Gasteiger partial charge in [-0.05, 0) is 39.5 Å². The lowest BCUT2D eigenvalue weighted by atomic mass is 9.84. The van der Waals surface area contributed by atoms with E-state index in [2.05, 4.69) is 5.32 Å². The fraction of sp³-hybridized carbons (Fsp3) is 0.923. The van der Waals surface area contributed by atoms with Crippen LogP contribution in [0.1, 0.15) is 52.9 Å². The van der Waals surface area contributed by atoms with Crippen LogP contribution in [-0.4, -0.2) is 24.3 Å². The van der Waals surface area contributed by atoms with Gasteiger partial charge in [-0.1, -0.05) is 19.3 Å². The molecule has 0 spiro atoms. The van der Waals surface area contributed by atoms with E-state index >= 15 is 0 Å². The van der Waals surface area contributed by atoms with Crippen LogP contribution in [0.2, 0.25) is 0 Å². The third kappa shape index (κ3) is 5.39. The van der Waals surface area contributed by atoms with Crippen molar-refractivity contribution in [2.45, 2.75) is 64.5 Å². The maximum atomic E-state index is 11.7. The van der Waals surface area contributed by atoms with Gasteiger partial charge in [0.2, 0.25) is 0 Å². The first-order valence-corrected chi connectivity index (χ1v) is 6.62. The Bertz CT molecular complexity index is 242. The first-order valence-electron chi connectivity index (χ1n) is 6.62. The number of alkyl carbamates (subject to hydrolysis) is 1. The summed E-state index contributed by atoms with van der Waals surface area (Å²) in [5.74, 6) is 0.515. The molecule has 1 fully saturated rings. The predicted octanol–water partition coefficient (Wildman–Crippen LogP) is 2.42. The third-order valence-electron chi connectivity index (χ3n) is 3.17. The Labute approximate surface area is 104 Å². The second-order valence-electron chi connectivity index (χ2n) is 5.89. The maximum Gasteiger partial charge on any atom is 0.407 e. The van der Waals surface area contributed by atoms with Gasteiger partial charge in [-0.2, -0.15) is 0 Å². The largest absolute Gasteiger partial charge is 0.444 e. The van der Waals surface area contributed by atoms with E-state index in [4.69, 9.17) is 10.5 Å². The molecule has 0 bridgehead atoms. The first-order chi connectivity index (χ1) is 7.92. The number of nitrogens with two attached hydrogens (primary N) is 1. The highest BCUT2D eigenvalue weighted by atomic mass is 16.6. The molecular formula is C13H26N2O2. The van der Waals surface area contributed by atoms with Gasteiger partial charge in [0, 0.05) is 12.6 Å². The summed E-state index contributed by atoms with van der Waals surface area (Å²) < 4.78 is 5.26. The van der Waals surface area contributed by atoms with E-state index in [9.17, 15) is 4.79 Å². The van der Waals surface area contributed by atoms with Crippen LogP contribution in [0.4, 0.5) is 4.79 Å². The molecule has 1 amide bonds. The molecule has 1 atom stereocenters. The topological polar surface area (TPSA) is 64.3 Å².